The van der Waals surface area contributed by atoms with Gasteiger partial charge in [-0.2, -0.15) is 5.26 Å². The van der Waals surface area contributed by atoms with Crippen LogP contribution in [0.2, 0.25) is 0 Å². The zero-order chi connectivity index (χ0) is 12.8. The molecule has 0 aliphatic carbocycles. The van der Waals surface area contributed by atoms with E-state index in [0.29, 0.717) is 0 Å². The van der Waals surface area contributed by atoms with Gasteiger partial charge in [0.05, 0.1) is 6.07 Å². The third-order valence-electron chi connectivity index (χ3n) is 4.77. The smallest absolute Gasteiger partial charge is 0.110 e. The molecule has 3 heteroatoms. The lowest BCUT2D eigenvalue weighted by molar-refractivity contribution is 0.124. The van der Waals surface area contributed by atoms with E-state index in [1.165, 1.54) is 38.6 Å². The number of hydrogen-bond acceptors (Lipinski definition) is 3. The molecule has 1 atom stereocenters. The topological polar surface area (TPSA) is 30.3 Å². The minimum Gasteiger partial charge on any atom is -0.304 e. The summed E-state index contributed by atoms with van der Waals surface area (Å²) in [7, 11) is 0. The lowest BCUT2D eigenvalue weighted by Gasteiger charge is -2.37. The van der Waals surface area contributed by atoms with Crippen LogP contribution in [-0.4, -0.2) is 48.1 Å². The summed E-state index contributed by atoms with van der Waals surface area (Å²) in [5, 5.41) is 9.76. The van der Waals surface area contributed by atoms with Crippen molar-refractivity contribution >= 4 is 0 Å². The first-order chi connectivity index (χ1) is 8.80. The van der Waals surface area contributed by atoms with Gasteiger partial charge < -0.3 is 4.90 Å². The molecule has 18 heavy (non-hydrogen) atoms. The molecule has 0 aromatic heterocycles. The Balaban J connectivity index is 2.06. The van der Waals surface area contributed by atoms with Gasteiger partial charge in [0.15, 0.2) is 0 Å². The SMILES string of the molecule is CCN1CCCC(C#N)(N2CCCCCC2)CC1. The van der Waals surface area contributed by atoms with Gasteiger partial charge in [0.25, 0.3) is 0 Å². The predicted octanol–water partition coefficient (Wildman–Crippen LogP) is 2.63. The molecule has 0 bridgehead atoms. The Bertz CT molecular complexity index is 289. The van der Waals surface area contributed by atoms with Crippen LogP contribution in [0.1, 0.15) is 51.9 Å². The molecule has 102 valence electrons. The van der Waals surface area contributed by atoms with Gasteiger partial charge in [0.2, 0.25) is 0 Å². The van der Waals surface area contributed by atoms with Crippen molar-refractivity contribution in [2.45, 2.75) is 57.4 Å². The fraction of sp³-hybridized carbons (Fsp3) is 0.933. The lowest BCUT2D eigenvalue weighted by atomic mass is 9.89. The first-order valence-electron chi connectivity index (χ1n) is 7.69. The molecule has 2 aliphatic heterocycles. The summed E-state index contributed by atoms with van der Waals surface area (Å²) in [5.41, 5.74) is -0.158. The van der Waals surface area contributed by atoms with E-state index in [4.69, 9.17) is 0 Å². The van der Waals surface area contributed by atoms with Gasteiger partial charge >= 0.3 is 0 Å². The number of nitrogens with zero attached hydrogens (tertiary/aromatic N) is 3. The summed E-state index contributed by atoms with van der Waals surface area (Å²) in [6.45, 7) is 7.90. The van der Waals surface area contributed by atoms with Crippen molar-refractivity contribution in [1.29, 1.82) is 5.26 Å². The maximum Gasteiger partial charge on any atom is 0.110 e. The maximum atomic E-state index is 9.76. The normalized spacial score (nSPS) is 32.4. The van der Waals surface area contributed by atoms with Crippen molar-refractivity contribution in [3.63, 3.8) is 0 Å². The Morgan fingerprint density at radius 2 is 1.67 bits per heavy atom. The van der Waals surface area contributed by atoms with E-state index in [2.05, 4.69) is 22.8 Å². The highest BCUT2D eigenvalue weighted by Gasteiger charge is 2.38. The zero-order valence-electron chi connectivity index (χ0n) is 11.8. The van der Waals surface area contributed by atoms with Crippen LogP contribution in [0.4, 0.5) is 0 Å². The number of hydrogen-bond donors (Lipinski definition) is 0. The lowest BCUT2D eigenvalue weighted by Crippen LogP contribution is -2.48. The fourth-order valence-corrected chi connectivity index (χ4v) is 3.49. The van der Waals surface area contributed by atoms with Crippen molar-refractivity contribution in [3.05, 3.63) is 0 Å². The van der Waals surface area contributed by atoms with E-state index in [0.717, 1.165) is 39.0 Å². The summed E-state index contributed by atoms with van der Waals surface area (Å²) in [5.74, 6) is 0. The van der Waals surface area contributed by atoms with Gasteiger partial charge in [-0.25, -0.2) is 0 Å². The van der Waals surface area contributed by atoms with Crippen molar-refractivity contribution in [3.8, 4) is 6.07 Å². The third-order valence-corrected chi connectivity index (χ3v) is 4.77. The molecule has 1 unspecified atom stereocenters. The van der Waals surface area contributed by atoms with Crippen LogP contribution < -0.4 is 0 Å². The number of rotatable bonds is 2. The van der Waals surface area contributed by atoms with E-state index >= 15 is 0 Å². The molecule has 2 fully saturated rings. The van der Waals surface area contributed by atoms with Crippen LogP contribution >= 0.6 is 0 Å². The quantitative estimate of drug-likeness (QED) is 0.753. The van der Waals surface area contributed by atoms with Gasteiger partial charge in [-0.3, -0.25) is 4.90 Å². The molecular weight excluding hydrogens is 222 g/mol. The second-order valence-electron chi connectivity index (χ2n) is 5.83. The van der Waals surface area contributed by atoms with Crippen LogP contribution in [0.3, 0.4) is 0 Å². The second kappa shape index (κ2) is 6.54. The molecule has 2 rings (SSSR count). The minimum atomic E-state index is -0.158. The van der Waals surface area contributed by atoms with Crippen LogP contribution in [0.25, 0.3) is 0 Å². The van der Waals surface area contributed by atoms with Crippen molar-refractivity contribution in [2.75, 3.05) is 32.7 Å². The maximum absolute atomic E-state index is 9.76. The molecule has 2 heterocycles. The van der Waals surface area contributed by atoms with Crippen molar-refractivity contribution in [1.82, 2.24) is 9.80 Å². The molecule has 0 aromatic rings. The predicted molar refractivity (Wildman–Crippen MR) is 74.4 cm³/mol. The molecule has 0 radical (unpaired) electrons. The van der Waals surface area contributed by atoms with Crippen LogP contribution in [-0.2, 0) is 0 Å². The summed E-state index contributed by atoms with van der Waals surface area (Å²) in [6.07, 6.45) is 8.54. The Morgan fingerprint density at radius 3 is 2.28 bits per heavy atom. The average Bonchev–Trinajstić information content (AvgIpc) is 2.79. The largest absolute Gasteiger partial charge is 0.304 e. The van der Waals surface area contributed by atoms with Crippen molar-refractivity contribution < 1.29 is 0 Å². The van der Waals surface area contributed by atoms with Gasteiger partial charge in [-0.15, -0.1) is 0 Å². The molecule has 0 saturated carbocycles. The molecular formula is C15H27N3. The van der Waals surface area contributed by atoms with Crippen LogP contribution in [0, 0.1) is 11.3 Å². The van der Waals surface area contributed by atoms with Crippen LogP contribution in [0.15, 0.2) is 0 Å². The standard InChI is InChI=1S/C15H27N3/c1-2-17-10-7-8-15(14-16,9-13-17)18-11-5-3-4-6-12-18/h2-13H2,1H3. The summed E-state index contributed by atoms with van der Waals surface area (Å²) in [4.78, 5) is 5.01. The van der Waals surface area contributed by atoms with Gasteiger partial charge in [0.1, 0.15) is 5.54 Å². The first-order valence-corrected chi connectivity index (χ1v) is 7.69. The monoisotopic (exact) mass is 249 g/mol. The minimum absolute atomic E-state index is 0.158. The molecule has 0 N–H and O–H groups in total. The molecule has 0 spiro atoms. The van der Waals surface area contributed by atoms with E-state index in [-0.39, 0.29) is 5.54 Å². The van der Waals surface area contributed by atoms with Gasteiger partial charge in [0, 0.05) is 6.54 Å². The highest BCUT2D eigenvalue weighted by Crippen LogP contribution is 2.30. The Morgan fingerprint density at radius 1 is 0.944 bits per heavy atom. The highest BCUT2D eigenvalue weighted by atomic mass is 15.2. The van der Waals surface area contributed by atoms with Gasteiger partial charge in [-0.1, -0.05) is 19.8 Å². The molecule has 2 aliphatic rings. The zero-order valence-corrected chi connectivity index (χ0v) is 11.8. The second-order valence-corrected chi connectivity index (χ2v) is 5.83. The Kier molecular flexibility index (Phi) is 5.03. The van der Waals surface area contributed by atoms with E-state index in [9.17, 15) is 5.26 Å². The Hall–Kier alpha value is -0.590. The Labute approximate surface area is 112 Å². The summed E-state index contributed by atoms with van der Waals surface area (Å²) >= 11 is 0. The number of likely N-dealkylation sites (tertiary alicyclic amines) is 2. The van der Waals surface area contributed by atoms with E-state index in [1.807, 2.05) is 0 Å². The van der Waals surface area contributed by atoms with Crippen molar-refractivity contribution in [2.24, 2.45) is 0 Å². The number of nitriles is 1. The van der Waals surface area contributed by atoms with Gasteiger partial charge in [-0.05, 0) is 58.3 Å². The summed E-state index contributed by atoms with van der Waals surface area (Å²) in [6, 6.07) is 2.70. The average molecular weight is 249 g/mol. The first kappa shape index (κ1) is 13.8. The molecule has 3 nitrogen and oxygen atoms in total. The molecule has 2 saturated heterocycles. The van der Waals surface area contributed by atoms with Crippen LogP contribution in [0.5, 0.6) is 0 Å². The van der Waals surface area contributed by atoms with E-state index in [1.54, 1.807) is 0 Å². The highest BCUT2D eigenvalue weighted by molar-refractivity contribution is 5.10. The molecule has 0 aromatic carbocycles. The summed E-state index contributed by atoms with van der Waals surface area (Å²) < 4.78 is 0. The fourth-order valence-electron chi connectivity index (χ4n) is 3.49. The molecule has 0 amide bonds. The third kappa shape index (κ3) is 3.05. The van der Waals surface area contributed by atoms with E-state index < -0.39 is 0 Å².